The van der Waals surface area contributed by atoms with Gasteiger partial charge in [-0.15, -0.1) is 0 Å². The molecule has 0 aromatic heterocycles. The van der Waals surface area contributed by atoms with Gasteiger partial charge in [0.05, 0.1) is 4.92 Å². The number of hydrogen-bond donors (Lipinski definition) is 2. The Morgan fingerprint density at radius 1 is 1.36 bits per heavy atom. The second kappa shape index (κ2) is 4.98. The van der Waals surface area contributed by atoms with E-state index < -0.39 is 22.7 Å². The van der Waals surface area contributed by atoms with Crippen LogP contribution in [0.25, 0.3) is 0 Å². The largest absolute Gasteiger partial charge is 0.442 e. The summed E-state index contributed by atoms with van der Waals surface area (Å²) in [7, 11) is 0. The van der Waals surface area contributed by atoms with Gasteiger partial charge in [-0.2, -0.15) is 13.2 Å². The second-order valence-electron chi connectivity index (χ2n) is 4.61. The van der Waals surface area contributed by atoms with Crippen molar-refractivity contribution in [2.75, 3.05) is 0 Å². The summed E-state index contributed by atoms with van der Waals surface area (Å²) >= 11 is 0. The standard InChI is InChI=1S/C12H10F3N3O4/c1-7-6-11(20,12(13,14)15)17(16-7)10(19)8-2-4-9(5-3-8)18(21)22/h2-6,16,20H,1H3. The third-order valence-electron chi connectivity index (χ3n) is 2.99. The molecule has 0 saturated heterocycles. The van der Waals surface area contributed by atoms with Gasteiger partial charge in [0.2, 0.25) is 0 Å². The van der Waals surface area contributed by atoms with Crippen molar-refractivity contribution >= 4 is 11.6 Å². The van der Waals surface area contributed by atoms with Gasteiger partial charge in [-0.3, -0.25) is 20.3 Å². The van der Waals surface area contributed by atoms with Crippen molar-refractivity contribution < 1.29 is 28.0 Å². The number of rotatable bonds is 2. The van der Waals surface area contributed by atoms with Gasteiger partial charge in [0.25, 0.3) is 17.3 Å². The Morgan fingerprint density at radius 3 is 2.36 bits per heavy atom. The minimum absolute atomic E-state index is 0.0312. The molecule has 10 heteroatoms. The molecule has 22 heavy (non-hydrogen) atoms. The number of benzene rings is 1. The normalized spacial score (nSPS) is 21.3. The zero-order valence-electron chi connectivity index (χ0n) is 11.1. The predicted octanol–water partition coefficient (Wildman–Crippen LogP) is 1.71. The molecule has 0 bridgehead atoms. The van der Waals surface area contributed by atoms with Crippen LogP contribution in [0.3, 0.4) is 0 Å². The first-order valence-corrected chi connectivity index (χ1v) is 5.90. The molecule has 0 radical (unpaired) electrons. The lowest BCUT2D eigenvalue weighted by Crippen LogP contribution is -2.60. The first-order valence-electron chi connectivity index (χ1n) is 5.90. The van der Waals surface area contributed by atoms with Gasteiger partial charge >= 0.3 is 6.18 Å². The molecule has 118 valence electrons. The monoisotopic (exact) mass is 317 g/mol. The molecule has 2 N–H and O–H groups in total. The van der Waals surface area contributed by atoms with Gasteiger partial charge in [0.15, 0.2) is 0 Å². The number of nitrogens with one attached hydrogen (secondary N) is 1. The van der Waals surface area contributed by atoms with Gasteiger partial charge < -0.3 is 5.11 Å². The maximum atomic E-state index is 13.0. The molecule has 7 nitrogen and oxygen atoms in total. The first kappa shape index (κ1) is 15.8. The van der Waals surface area contributed by atoms with Crippen LogP contribution in [0.4, 0.5) is 18.9 Å². The number of nitrogens with zero attached hydrogens (tertiary/aromatic N) is 2. The lowest BCUT2D eigenvalue weighted by Gasteiger charge is -2.33. The fourth-order valence-corrected chi connectivity index (χ4v) is 1.93. The summed E-state index contributed by atoms with van der Waals surface area (Å²) in [6.07, 6.45) is -4.65. The topological polar surface area (TPSA) is 95.7 Å². The minimum Gasteiger partial charge on any atom is -0.359 e. The average molecular weight is 317 g/mol. The lowest BCUT2D eigenvalue weighted by molar-refractivity contribution is -0.384. The highest BCUT2D eigenvalue weighted by Crippen LogP contribution is 2.38. The van der Waals surface area contributed by atoms with E-state index in [0.29, 0.717) is 6.08 Å². The molecule has 1 unspecified atom stereocenters. The molecule has 1 aromatic carbocycles. The fourth-order valence-electron chi connectivity index (χ4n) is 1.93. The molecule has 0 fully saturated rings. The summed E-state index contributed by atoms with van der Waals surface area (Å²) in [5.74, 6) is -1.18. The molecule has 1 aliphatic heterocycles. The van der Waals surface area contributed by atoms with Crippen LogP contribution in [0.5, 0.6) is 0 Å². The van der Waals surface area contributed by atoms with Crippen molar-refractivity contribution in [3.05, 3.63) is 51.7 Å². The first-order chi connectivity index (χ1) is 10.1. The van der Waals surface area contributed by atoms with Crippen molar-refractivity contribution in [1.29, 1.82) is 0 Å². The van der Waals surface area contributed by atoms with E-state index in [2.05, 4.69) is 5.43 Å². The van der Waals surface area contributed by atoms with Gasteiger partial charge in [0, 0.05) is 23.4 Å². The number of hydrogen-bond acceptors (Lipinski definition) is 5. The van der Waals surface area contributed by atoms with E-state index in [1.165, 1.54) is 6.92 Å². The zero-order valence-corrected chi connectivity index (χ0v) is 11.1. The Hall–Kier alpha value is -2.62. The zero-order chi connectivity index (χ0) is 16.7. The van der Waals surface area contributed by atoms with Crippen LogP contribution in [0.1, 0.15) is 17.3 Å². The van der Waals surface area contributed by atoms with Crippen LogP contribution in [0.2, 0.25) is 0 Å². The maximum absolute atomic E-state index is 13.0. The molecule has 0 saturated carbocycles. The van der Waals surface area contributed by atoms with Gasteiger partial charge in [-0.25, -0.2) is 5.01 Å². The predicted molar refractivity (Wildman–Crippen MR) is 67.2 cm³/mol. The Labute approximate surface area is 121 Å². The van der Waals surface area contributed by atoms with E-state index in [9.17, 15) is 33.2 Å². The average Bonchev–Trinajstić information content (AvgIpc) is 2.74. The van der Waals surface area contributed by atoms with Crippen LogP contribution in [-0.2, 0) is 0 Å². The number of carbonyl (C=O) groups is 1. The number of alkyl halides is 3. The third kappa shape index (κ3) is 2.48. The van der Waals surface area contributed by atoms with Crippen molar-refractivity contribution in [2.24, 2.45) is 0 Å². The van der Waals surface area contributed by atoms with Crippen molar-refractivity contribution in [2.45, 2.75) is 18.8 Å². The van der Waals surface area contributed by atoms with E-state index in [0.717, 1.165) is 24.3 Å². The lowest BCUT2D eigenvalue weighted by atomic mass is 10.1. The summed E-state index contributed by atoms with van der Waals surface area (Å²) < 4.78 is 39.0. The van der Waals surface area contributed by atoms with Crippen molar-refractivity contribution in [3.8, 4) is 0 Å². The summed E-state index contributed by atoms with van der Waals surface area (Å²) in [6, 6.07) is 3.98. The summed E-state index contributed by atoms with van der Waals surface area (Å²) in [4.78, 5) is 21.9. The fraction of sp³-hybridized carbons (Fsp3) is 0.250. The molecule has 2 rings (SSSR count). The SMILES string of the molecule is CC1=CC(O)(C(F)(F)F)N(C(=O)c2ccc([N+](=O)[O-])cc2)N1. The van der Waals surface area contributed by atoms with Gasteiger partial charge in [0.1, 0.15) is 0 Å². The highest BCUT2D eigenvalue weighted by atomic mass is 19.4. The molecular weight excluding hydrogens is 307 g/mol. The highest BCUT2D eigenvalue weighted by Gasteiger charge is 2.61. The quantitative estimate of drug-likeness (QED) is 0.639. The van der Waals surface area contributed by atoms with Crippen LogP contribution < -0.4 is 5.43 Å². The Morgan fingerprint density at radius 2 is 1.91 bits per heavy atom. The summed E-state index contributed by atoms with van der Waals surface area (Å²) in [6.45, 7) is 1.25. The van der Waals surface area contributed by atoms with Crippen LogP contribution in [0.15, 0.2) is 36.0 Å². The minimum atomic E-state index is -5.12. The van der Waals surface area contributed by atoms with E-state index in [1.54, 1.807) is 0 Å². The van der Waals surface area contributed by atoms with E-state index in [4.69, 9.17) is 0 Å². The summed E-state index contributed by atoms with van der Waals surface area (Å²) in [5.41, 5.74) is -1.98. The number of halogens is 3. The van der Waals surface area contributed by atoms with Crippen LogP contribution in [-0.4, -0.2) is 32.8 Å². The number of aliphatic hydroxyl groups is 1. The Bertz CT molecular complexity index is 657. The molecular formula is C12H10F3N3O4. The molecule has 1 heterocycles. The molecule has 0 spiro atoms. The number of hydrazine groups is 1. The van der Waals surface area contributed by atoms with Gasteiger partial charge in [-0.1, -0.05) is 0 Å². The highest BCUT2D eigenvalue weighted by molar-refractivity contribution is 5.95. The Balaban J connectivity index is 2.35. The maximum Gasteiger partial charge on any atom is 0.442 e. The second-order valence-corrected chi connectivity index (χ2v) is 4.61. The van der Waals surface area contributed by atoms with Crippen molar-refractivity contribution in [3.63, 3.8) is 0 Å². The van der Waals surface area contributed by atoms with E-state index in [1.807, 2.05) is 0 Å². The number of amides is 1. The number of nitro benzene ring substituents is 1. The number of nitro groups is 1. The molecule has 1 amide bonds. The number of carbonyl (C=O) groups excluding carboxylic acids is 1. The third-order valence-corrected chi connectivity index (χ3v) is 2.99. The number of non-ortho nitro benzene ring substituents is 1. The van der Waals surface area contributed by atoms with Crippen molar-refractivity contribution in [1.82, 2.24) is 10.4 Å². The smallest absolute Gasteiger partial charge is 0.359 e. The molecule has 1 aromatic rings. The molecule has 0 aliphatic carbocycles. The van der Waals surface area contributed by atoms with Crippen LogP contribution in [0, 0.1) is 10.1 Å². The molecule has 1 atom stereocenters. The number of allylic oxidation sites excluding steroid dienone is 1. The van der Waals surface area contributed by atoms with E-state index in [-0.39, 0.29) is 22.0 Å². The summed E-state index contributed by atoms with van der Waals surface area (Å²) in [5, 5.41) is 20.3. The van der Waals surface area contributed by atoms with Gasteiger partial charge in [-0.05, 0) is 25.1 Å². The molecule has 1 aliphatic rings. The van der Waals surface area contributed by atoms with E-state index >= 15 is 0 Å². The van der Waals surface area contributed by atoms with Crippen LogP contribution >= 0.6 is 0 Å². The Kier molecular flexibility index (Phi) is 3.57.